The molecule has 0 aliphatic carbocycles. The second-order valence-corrected chi connectivity index (χ2v) is 4.87. The zero-order valence-corrected chi connectivity index (χ0v) is 11.4. The van der Waals surface area contributed by atoms with Crippen LogP contribution in [0.25, 0.3) is 0 Å². The van der Waals surface area contributed by atoms with Crippen LogP contribution in [-0.2, 0) is 16.6 Å². The van der Waals surface area contributed by atoms with Gasteiger partial charge in [-0.05, 0) is 13.3 Å². The molecule has 0 bridgehead atoms. The van der Waals surface area contributed by atoms with Crippen molar-refractivity contribution in [2.45, 2.75) is 19.4 Å². The van der Waals surface area contributed by atoms with Crippen LogP contribution in [0.1, 0.15) is 23.8 Å². The van der Waals surface area contributed by atoms with Crippen molar-refractivity contribution in [3.05, 3.63) is 29.8 Å². The summed E-state index contributed by atoms with van der Waals surface area (Å²) in [6.07, 6.45) is 3.61. The van der Waals surface area contributed by atoms with Crippen molar-refractivity contribution in [1.29, 1.82) is 0 Å². The molecule has 7 heteroatoms. The number of carbonyl (C=O) groups is 1. The van der Waals surface area contributed by atoms with Crippen molar-refractivity contribution in [3.8, 4) is 0 Å². The summed E-state index contributed by atoms with van der Waals surface area (Å²) in [5.74, 6) is 0.0720. The van der Waals surface area contributed by atoms with Crippen molar-refractivity contribution in [2.75, 3.05) is 11.9 Å². The predicted molar refractivity (Wildman–Crippen MR) is 69.9 cm³/mol. The molecule has 0 radical (unpaired) electrons. The fourth-order valence-electron chi connectivity index (χ4n) is 2.46. The summed E-state index contributed by atoms with van der Waals surface area (Å²) in [7, 11) is 1.87. The van der Waals surface area contributed by atoms with Crippen molar-refractivity contribution in [2.24, 2.45) is 13.0 Å². The molecule has 2 aromatic rings. The molecule has 20 heavy (non-hydrogen) atoms. The minimum atomic E-state index is -0.254. The lowest BCUT2D eigenvalue weighted by Gasteiger charge is -2.17. The Hall–Kier alpha value is -2.15. The molecule has 3 heterocycles. The zero-order valence-electron chi connectivity index (χ0n) is 11.4. The molecular formula is C13H16N4O3. The summed E-state index contributed by atoms with van der Waals surface area (Å²) < 4.78 is 12.2. The number of nitrogens with zero attached hydrogens (tertiary/aromatic N) is 3. The fourth-order valence-corrected chi connectivity index (χ4v) is 2.46. The van der Waals surface area contributed by atoms with Gasteiger partial charge in [0.15, 0.2) is 5.82 Å². The van der Waals surface area contributed by atoms with Gasteiger partial charge in [-0.1, -0.05) is 5.16 Å². The zero-order chi connectivity index (χ0) is 14.1. The van der Waals surface area contributed by atoms with Crippen molar-refractivity contribution < 1.29 is 14.1 Å². The highest BCUT2D eigenvalue weighted by atomic mass is 16.5. The Morgan fingerprint density at radius 2 is 2.40 bits per heavy atom. The lowest BCUT2D eigenvalue weighted by Crippen LogP contribution is -2.25. The van der Waals surface area contributed by atoms with Crippen molar-refractivity contribution >= 4 is 11.7 Å². The van der Waals surface area contributed by atoms with Gasteiger partial charge in [0.05, 0.1) is 18.2 Å². The summed E-state index contributed by atoms with van der Waals surface area (Å²) in [6, 6.07) is 1.61. The Labute approximate surface area is 115 Å². The number of amides is 1. The van der Waals surface area contributed by atoms with Crippen LogP contribution in [0.15, 0.2) is 23.0 Å². The third-order valence-electron chi connectivity index (χ3n) is 3.70. The van der Waals surface area contributed by atoms with Crippen LogP contribution >= 0.6 is 0 Å². The molecule has 1 aliphatic heterocycles. The molecule has 1 N–H and O–H groups in total. The van der Waals surface area contributed by atoms with Crippen LogP contribution in [0, 0.1) is 12.8 Å². The number of aromatic nitrogens is 3. The quantitative estimate of drug-likeness (QED) is 0.917. The van der Waals surface area contributed by atoms with Gasteiger partial charge in [0, 0.05) is 31.0 Å². The number of aryl methyl sites for hydroxylation is 1. The van der Waals surface area contributed by atoms with E-state index in [2.05, 4.69) is 15.6 Å². The monoisotopic (exact) mass is 276 g/mol. The van der Waals surface area contributed by atoms with Gasteiger partial charge >= 0.3 is 0 Å². The number of carbonyl (C=O) groups excluding carboxylic acids is 1. The Bertz CT molecular complexity index is 605. The van der Waals surface area contributed by atoms with Gasteiger partial charge in [0.25, 0.3) is 0 Å². The first kappa shape index (κ1) is 12.9. The maximum Gasteiger partial charge on any atom is 0.231 e. The SMILES string of the molecule is Cc1c([C@H]2OCC[C@@H]2C(=O)Nc2ccon2)cnn1C. The van der Waals surface area contributed by atoms with Crippen LogP contribution in [0.5, 0.6) is 0 Å². The average Bonchev–Trinajstić information content (AvgIpc) is 3.13. The van der Waals surface area contributed by atoms with E-state index >= 15 is 0 Å². The van der Waals surface area contributed by atoms with E-state index in [1.807, 2.05) is 14.0 Å². The Balaban J connectivity index is 1.78. The molecule has 1 saturated heterocycles. The summed E-state index contributed by atoms with van der Waals surface area (Å²) in [5.41, 5.74) is 1.97. The molecule has 1 aliphatic rings. The lowest BCUT2D eigenvalue weighted by atomic mass is 9.95. The number of hydrogen-bond acceptors (Lipinski definition) is 5. The van der Waals surface area contributed by atoms with Crippen molar-refractivity contribution in [3.63, 3.8) is 0 Å². The molecule has 7 nitrogen and oxygen atoms in total. The van der Waals surface area contributed by atoms with E-state index < -0.39 is 0 Å². The molecule has 2 aromatic heterocycles. The topological polar surface area (TPSA) is 82.2 Å². The molecule has 1 fully saturated rings. The molecule has 2 atom stereocenters. The predicted octanol–water partition coefficient (Wildman–Crippen LogP) is 1.43. The number of nitrogens with one attached hydrogen (secondary N) is 1. The largest absolute Gasteiger partial charge is 0.373 e. The van der Waals surface area contributed by atoms with E-state index in [0.29, 0.717) is 18.8 Å². The number of rotatable bonds is 3. The Kier molecular flexibility index (Phi) is 3.27. The minimum Gasteiger partial charge on any atom is -0.373 e. The molecule has 0 unspecified atom stereocenters. The third-order valence-corrected chi connectivity index (χ3v) is 3.70. The first-order chi connectivity index (χ1) is 9.66. The van der Waals surface area contributed by atoms with Crippen LogP contribution in [0.3, 0.4) is 0 Å². The average molecular weight is 276 g/mol. The molecule has 0 spiro atoms. The Morgan fingerprint density at radius 1 is 1.55 bits per heavy atom. The van der Waals surface area contributed by atoms with Crippen molar-refractivity contribution in [1.82, 2.24) is 14.9 Å². The van der Waals surface area contributed by atoms with Gasteiger partial charge in [-0.15, -0.1) is 0 Å². The van der Waals surface area contributed by atoms with Gasteiger partial charge in [-0.3, -0.25) is 9.48 Å². The highest BCUT2D eigenvalue weighted by molar-refractivity contribution is 5.92. The van der Waals surface area contributed by atoms with E-state index in [1.165, 1.54) is 6.26 Å². The molecule has 1 amide bonds. The maximum absolute atomic E-state index is 12.3. The maximum atomic E-state index is 12.3. The van der Waals surface area contributed by atoms with E-state index in [4.69, 9.17) is 9.26 Å². The van der Waals surface area contributed by atoms with Crippen LogP contribution in [0.2, 0.25) is 0 Å². The summed E-state index contributed by atoms with van der Waals surface area (Å²) in [5, 5.41) is 10.6. The Morgan fingerprint density at radius 3 is 3.05 bits per heavy atom. The second kappa shape index (κ2) is 5.09. The van der Waals surface area contributed by atoms with E-state index in [9.17, 15) is 4.79 Å². The second-order valence-electron chi connectivity index (χ2n) is 4.87. The number of anilines is 1. The van der Waals surface area contributed by atoms with Gasteiger partial charge in [0.1, 0.15) is 6.26 Å². The lowest BCUT2D eigenvalue weighted by molar-refractivity contribution is -0.121. The fraction of sp³-hybridized carbons (Fsp3) is 0.462. The number of ether oxygens (including phenoxy) is 1. The molecule has 106 valence electrons. The molecule has 0 saturated carbocycles. The smallest absolute Gasteiger partial charge is 0.231 e. The van der Waals surface area contributed by atoms with Gasteiger partial charge < -0.3 is 14.6 Å². The molecule has 0 aromatic carbocycles. The van der Waals surface area contributed by atoms with Gasteiger partial charge in [-0.25, -0.2) is 0 Å². The standard InChI is InChI=1S/C13H16N4O3/c1-8-10(7-14-17(8)2)12-9(3-5-19-12)13(18)15-11-4-6-20-16-11/h4,6-7,9,12H,3,5H2,1-2H3,(H,15,16,18)/t9-,12-/m0/s1. The summed E-state index contributed by atoms with van der Waals surface area (Å²) >= 11 is 0. The van der Waals surface area contributed by atoms with E-state index in [0.717, 1.165) is 11.3 Å². The third kappa shape index (κ3) is 2.20. The van der Waals surface area contributed by atoms with Crippen LogP contribution in [0.4, 0.5) is 5.82 Å². The van der Waals surface area contributed by atoms with E-state index in [1.54, 1.807) is 16.9 Å². The first-order valence-corrected chi connectivity index (χ1v) is 6.48. The number of hydrogen-bond donors (Lipinski definition) is 1. The van der Waals surface area contributed by atoms with Crippen LogP contribution in [-0.4, -0.2) is 27.5 Å². The minimum absolute atomic E-state index is 0.107. The molecular weight excluding hydrogens is 260 g/mol. The van der Waals surface area contributed by atoms with Gasteiger partial charge in [0.2, 0.25) is 5.91 Å². The normalized spacial score (nSPS) is 22.1. The first-order valence-electron chi connectivity index (χ1n) is 6.48. The summed E-state index contributed by atoms with van der Waals surface area (Å²) in [6.45, 7) is 2.53. The van der Waals surface area contributed by atoms with E-state index in [-0.39, 0.29) is 17.9 Å². The highest BCUT2D eigenvalue weighted by Gasteiger charge is 2.37. The van der Waals surface area contributed by atoms with Crippen LogP contribution < -0.4 is 5.32 Å². The highest BCUT2D eigenvalue weighted by Crippen LogP contribution is 2.36. The molecule has 3 rings (SSSR count). The van der Waals surface area contributed by atoms with Gasteiger partial charge in [-0.2, -0.15) is 5.10 Å². The summed E-state index contributed by atoms with van der Waals surface area (Å²) in [4.78, 5) is 12.3.